The molecule has 3 heterocycles. The summed E-state index contributed by atoms with van der Waals surface area (Å²) in [5, 5.41) is 7.90. The summed E-state index contributed by atoms with van der Waals surface area (Å²) in [5.74, 6) is 1.38. The Balaban J connectivity index is 1.25. The number of benzene rings is 1. The summed E-state index contributed by atoms with van der Waals surface area (Å²) >= 11 is 12.2. The number of aryl methyl sites for hydroxylation is 1. The molecule has 1 aliphatic heterocycles. The first-order valence-electron chi connectivity index (χ1n) is 10.1. The molecule has 1 aromatic carbocycles. The fourth-order valence-electron chi connectivity index (χ4n) is 3.32. The zero-order valence-electron chi connectivity index (χ0n) is 16.9. The van der Waals surface area contributed by atoms with Crippen molar-refractivity contribution in [3.8, 4) is 5.88 Å². The van der Waals surface area contributed by atoms with Gasteiger partial charge in [-0.15, -0.1) is 0 Å². The van der Waals surface area contributed by atoms with Crippen LogP contribution in [0.5, 0.6) is 5.88 Å². The van der Waals surface area contributed by atoms with Crippen LogP contribution in [0.2, 0.25) is 10.0 Å². The minimum atomic E-state index is -0.00801. The Labute approximate surface area is 191 Å². The van der Waals surface area contributed by atoms with Crippen LogP contribution < -0.4 is 15.4 Å². The van der Waals surface area contributed by atoms with Crippen molar-refractivity contribution < 1.29 is 4.74 Å². The van der Waals surface area contributed by atoms with Gasteiger partial charge in [-0.1, -0.05) is 29.3 Å². The summed E-state index contributed by atoms with van der Waals surface area (Å²) in [6, 6.07) is 11.3. The zero-order chi connectivity index (χ0) is 21.5. The molecule has 3 aromatic rings. The van der Waals surface area contributed by atoms with Crippen LogP contribution in [0, 0.1) is 0 Å². The molecule has 1 unspecified atom stereocenters. The third-order valence-electron chi connectivity index (χ3n) is 4.81. The molecule has 0 radical (unpaired) electrons. The van der Waals surface area contributed by atoms with Crippen LogP contribution in [0.4, 0.5) is 5.82 Å². The summed E-state index contributed by atoms with van der Waals surface area (Å²) in [6.45, 7) is 2.85. The maximum absolute atomic E-state index is 6.12. The minimum Gasteiger partial charge on any atom is -0.473 e. The van der Waals surface area contributed by atoms with Crippen LogP contribution in [-0.4, -0.2) is 38.8 Å². The Hall–Kier alpha value is -2.90. The maximum atomic E-state index is 6.12. The third kappa shape index (κ3) is 6.29. The standard InChI is InChI=1S/C22H24Cl2N6O/c23-18-11-17(12-19(24)13-18)14-30-10-7-27-21(30)15-31-22-4-1-3-20(28-22)26-5-2-8-29-9-6-25-16-29/h1,3-4,6-7,9-13,16,21,27H,2,5,8,14-15H2,(H,26,28). The number of ether oxygens (including phenoxy) is 1. The Morgan fingerprint density at radius 2 is 2.03 bits per heavy atom. The second-order valence-corrected chi connectivity index (χ2v) is 8.07. The van der Waals surface area contributed by atoms with Gasteiger partial charge in [0.05, 0.1) is 6.33 Å². The summed E-state index contributed by atoms with van der Waals surface area (Å²) in [6.07, 6.45) is 10.4. The van der Waals surface area contributed by atoms with Gasteiger partial charge in [-0.05, 0) is 36.2 Å². The fourth-order valence-corrected chi connectivity index (χ4v) is 3.90. The summed E-state index contributed by atoms with van der Waals surface area (Å²) in [5.41, 5.74) is 1.04. The highest BCUT2D eigenvalue weighted by atomic mass is 35.5. The van der Waals surface area contributed by atoms with E-state index < -0.39 is 0 Å². The van der Waals surface area contributed by atoms with Crippen molar-refractivity contribution in [1.82, 2.24) is 24.8 Å². The summed E-state index contributed by atoms with van der Waals surface area (Å²) in [4.78, 5) is 10.7. The van der Waals surface area contributed by atoms with Gasteiger partial charge < -0.3 is 24.8 Å². The molecule has 2 N–H and O–H groups in total. The number of anilines is 1. The van der Waals surface area contributed by atoms with Crippen LogP contribution >= 0.6 is 23.2 Å². The van der Waals surface area contributed by atoms with Gasteiger partial charge in [0.1, 0.15) is 18.6 Å². The van der Waals surface area contributed by atoms with E-state index in [1.54, 1.807) is 12.3 Å². The van der Waals surface area contributed by atoms with E-state index in [-0.39, 0.29) is 6.17 Å². The molecule has 2 aromatic heterocycles. The first-order valence-corrected chi connectivity index (χ1v) is 10.8. The van der Waals surface area contributed by atoms with Crippen LogP contribution in [0.15, 0.2) is 67.5 Å². The average Bonchev–Trinajstić information content (AvgIpc) is 3.41. The number of nitrogens with zero attached hydrogens (tertiary/aromatic N) is 4. The molecule has 0 amide bonds. The number of imidazole rings is 1. The van der Waals surface area contributed by atoms with Gasteiger partial charge in [0, 0.05) is 60.5 Å². The lowest BCUT2D eigenvalue weighted by Gasteiger charge is -2.25. The molecule has 0 saturated carbocycles. The minimum absolute atomic E-state index is 0.00801. The highest BCUT2D eigenvalue weighted by molar-refractivity contribution is 6.34. The molecule has 31 heavy (non-hydrogen) atoms. The number of pyridine rings is 1. The molecule has 0 saturated heterocycles. The molecule has 1 aliphatic rings. The fraction of sp³-hybridized carbons (Fsp3) is 0.273. The second-order valence-electron chi connectivity index (χ2n) is 7.20. The van der Waals surface area contributed by atoms with Crippen LogP contribution in [-0.2, 0) is 13.1 Å². The summed E-state index contributed by atoms with van der Waals surface area (Å²) in [7, 11) is 0. The third-order valence-corrected chi connectivity index (χ3v) is 5.25. The number of nitrogens with one attached hydrogen (secondary N) is 2. The summed E-state index contributed by atoms with van der Waals surface area (Å²) < 4.78 is 8.01. The van der Waals surface area contributed by atoms with Crippen molar-refractivity contribution in [2.75, 3.05) is 18.5 Å². The lowest BCUT2D eigenvalue weighted by molar-refractivity contribution is 0.170. The lowest BCUT2D eigenvalue weighted by atomic mass is 10.2. The van der Waals surface area contributed by atoms with E-state index in [9.17, 15) is 0 Å². The van der Waals surface area contributed by atoms with Gasteiger partial charge in [-0.2, -0.15) is 4.98 Å². The molecule has 0 aliphatic carbocycles. The van der Waals surface area contributed by atoms with Crippen molar-refractivity contribution >= 4 is 29.0 Å². The molecule has 0 fully saturated rings. The monoisotopic (exact) mass is 458 g/mol. The maximum Gasteiger partial charge on any atom is 0.215 e. The Morgan fingerprint density at radius 1 is 1.16 bits per heavy atom. The average molecular weight is 459 g/mol. The molecule has 162 valence electrons. The highest BCUT2D eigenvalue weighted by Gasteiger charge is 2.20. The van der Waals surface area contributed by atoms with Crippen molar-refractivity contribution in [1.29, 1.82) is 0 Å². The Bertz CT molecular complexity index is 991. The molecule has 1 atom stereocenters. The van der Waals surface area contributed by atoms with Crippen LogP contribution in [0.3, 0.4) is 0 Å². The van der Waals surface area contributed by atoms with Gasteiger partial charge in [0.2, 0.25) is 5.88 Å². The number of halogens is 2. The van der Waals surface area contributed by atoms with E-state index in [1.807, 2.05) is 55.3 Å². The van der Waals surface area contributed by atoms with Crippen molar-refractivity contribution in [3.63, 3.8) is 0 Å². The molecule has 9 heteroatoms. The molecule has 7 nitrogen and oxygen atoms in total. The van der Waals surface area contributed by atoms with Gasteiger partial charge in [0.15, 0.2) is 0 Å². The van der Waals surface area contributed by atoms with Gasteiger partial charge in [0.25, 0.3) is 0 Å². The van der Waals surface area contributed by atoms with Gasteiger partial charge >= 0.3 is 0 Å². The number of rotatable bonds is 10. The smallest absolute Gasteiger partial charge is 0.215 e. The van der Waals surface area contributed by atoms with E-state index in [0.29, 0.717) is 29.1 Å². The Morgan fingerprint density at radius 3 is 2.84 bits per heavy atom. The van der Waals surface area contributed by atoms with Crippen molar-refractivity contribution in [2.24, 2.45) is 0 Å². The predicted molar refractivity (Wildman–Crippen MR) is 123 cm³/mol. The lowest BCUT2D eigenvalue weighted by Crippen LogP contribution is -2.40. The topological polar surface area (TPSA) is 67.2 Å². The normalized spacial score (nSPS) is 15.2. The highest BCUT2D eigenvalue weighted by Crippen LogP contribution is 2.22. The van der Waals surface area contributed by atoms with Crippen LogP contribution in [0.1, 0.15) is 12.0 Å². The van der Waals surface area contributed by atoms with Crippen LogP contribution in [0.25, 0.3) is 0 Å². The first-order chi connectivity index (χ1) is 15.2. The van der Waals surface area contributed by atoms with E-state index in [2.05, 4.69) is 30.1 Å². The molecule has 0 spiro atoms. The van der Waals surface area contributed by atoms with Crippen molar-refractivity contribution in [2.45, 2.75) is 25.7 Å². The zero-order valence-corrected chi connectivity index (χ0v) is 18.4. The van der Waals surface area contributed by atoms with E-state index in [4.69, 9.17) is 27.9 Å². The number of hydrogen-bond acceptors (Lipinski definition) is 6. The molecule has 0 bridgehead atoms. The largest absolute Gasteiger partial charge is 0.473 e. The van der Waals surface area contributed by atoms with E-state index >= 15 is 0 Å². The quantitative estimate of drug-likeness (QED) is 0.439. The Kier molecular flexibility index (Phi) is 7.17. The van der Waals surface area contributed by atoms with Gasteiger partial charge in [-0.3, -0.25) is 0 Å². The van der Waals surface area contributed by atoms with Crippen molar-refractivity contribution in [3.05, 3.63) is 83.1 Å². The molecule has 4 rings (SSSR count). The van der Waals surface area contributed by atoms with E-state index in [0.717, 1.165) is 30.9 Å². The van der Waals surface area contributed by atoms with Gasteiger partial charge in [-0.25, -0.2) is 4.98 Å². The molecular formula is C22H24Cl2N6O. The van der Waals surface area contributed by atoms with E-state index in [1.165, 1.54) is 0 Å². The first kappa shape index (κ1) is 21.3. The molecular weight excluding hydrogens is 435 g/mol. The number of hydrogen-bond donors (Lipinski definition) is 2. The second kappa shape index (κ2) is 10.4. The predicted octanol–water partition coefficient (Wildman–Crippen LogP) is 4.37. The number of aromatic nitrogens is 3. The SMILES string of the molecule is Clc1cc(Cl)cc(CN2C=CNC2COc2cccc(NCCCn3ccnc3)n2)c1.